The van der Waals surface area contributed by atoms with Crippen molar-refractivity contribution in [2.24, 2.45) is 5.73 Å². The van der Waals surface area contributed by atoms with E-state index in [9.17, 15) is 4.79 Å². The van der Waals surface area contributed by atoms with Crippen LogP contribution in [0.25, 0.3) is 0 Å². The monoisotopic (exact) mass is 149 g/mol. The van der Waals surface area contributed by atoms with Crippen LogP contribution in [0.2, 0.25) is 0 Å². The van der Waals surface area contributed by atoms with Crippen LogP contribution in [-0.4, -0.2) is 17.7 Å². The highest BCUT2D eigenvalue weighted by atomic mass is 32.1. The van der Waals surface area contributed by atoms with Crippen molar-refractivity contribution in [1.82, 2.24) is 5.48 Å². The van der Waals surface area contributed by atoms with Crippen LogP contribution in [0, 0.1) is 5.41 Å². The molecule has 6 heteroatoms. The number of carbonyl (C=O) groups is 1. The quantitative estimate of drug-likeness (QED) is 0.164. The Bertz CT molecular complexity index is 126. The molecule has 0 fully saturated rings. The van der Waals surface area contributed by atoms with E-state index in [2.05, 4.69) is 17.5 Å². The number of rotatable bonds is 1. The van der Waals surface area contributed by atoms with E-state index >= 15 is 0 Å². The van der Waals surface area contributed by atoms with Gasteiger partial charge in [-0.25, -0.2) is 4.79 Å². The molecule has 0 spiro atoms. The van der Waals surface area contributed by atoms with Gasteiger partial charge >= 0.3 is 5.97 Å². The molecular weight excluding hydrogens is 142 g/mol. The van der Waals surface area contributed by atoms with E-state index in [-0.39, 0.29) is 5.75 Å². The highest BCUT2D eigenvalue weighted by molar-refractivity contribution is 7.81. The zero-order valence-corrected chi connectivity index (χ0v) is 5.44. The molecular formula is C3H7N3O2S. The van der Waals surface area contributed by atoms with E-state index in [0.29, 0.717) is 0 Å². The molecule has 0 aliphatic heterocycles. The summed E-state index contributed by atoms with van der Waals surface area (Å²) in [5, 5.41) is 6.53. The van der Waals surface area contributed by atoms with Crippen LogP contribution >= 0.6 is 12.6 Å². The van der Waals surface area contributed by atoms with Gasteiger partial charge in [0, 0.05) is 0 Å². The summed E-state index contributed by atoms with van der Waals surface area (Å²) in [6, 6.07) is 0. The molecule has 9 heavy (non-hydrogen) atoms. The van der Waals surface area contributed by atoms with Gasteiger partial charge in [0.05, 0.1) is 5.75 Å². The molecule has 4 N–H and O–H groups in total. The van der Waals surface area contributed by atoms with Gasteiger partial charge in [0.1, 0.15) is 0 Å². The van der Waals surface area contributed by atoms with Gasteiger partial charge in [-0.05, 0) is 0 Å². The highest BCUT2D eigenvalue weighted by Crippen LogP contribution is 1.75. The van der Waals surface area contributed by atoms with Gasteiger partial charge in [0.2, 0.25) is 5.96 Å². The van der Waals surface area contributed by atoms with Gasteiger partial charge in [-0.3, -0.25) is 5.41 Å². The van der Waals surface area contributed by atoms with Gasteiger partial charge in [-0.15, -0.1) is 0 Å². The normalized spacial score (nSPS) is 8.11. The molecule has 0 aliphatic rings. The minimum Gasteiger partial charge on any atom is -0.368 e. The Hall–Kier alpha value is -0.910. The van der Waals surface area contributed by atoms with Crippen molar-refractivity contribution in [1.29, 1.82) is 5.41 Å². The predicted octanol–water partition coefficient (Wildman–Crippen LogP) is -1.14. The lowest BCUT2D eigenvalue weighted by Crippen LogP contribution is -2.32. The zero-order chi connectivity index (χ0) is 7.28. The molecule has 0 rings (SSSR count). The van der Waals surface area contributed by atoms with Gasteiger partial charge in [-0.1, -0.05) is 0 Å². The van der Waals surface area contributed by atoms with Gasteiger partial charge in [-0.2, -0.15) is 18.1 Å². The topological polar surface area (TPSA) is 88.2 Å². The van der Waals surface area contributed by atoms with Gasteiger partial charge < -0.3 is 10.6 Å². The van der Waals surface area contributed by atoms with Gasteiger partial charge in [0.25, 0.3) is 0 Å². The third-order valence-corrected chi connectivity index (χ3v) is 0.662. The maximum Gasteiger partial charge on any atom is 0.341 e. The van der Waals surface area contributed by atoms with E-state index in [0.717, 1.165) is 0 Å². The molecule has 52 valence electrons. The maximum atomic E-state index is 10.2. The summed E-state index contributed by atoms with van der Waals surface area (Å²) < 4.78 is 0. The summed E-state index contributed by atoms with van der Waals surface area (Å²) in [4.78, 5) is 14.3. The molecule has 0 saturated heterocycles. The largest absolute Gasteiger partial charge is 0.368 e. The van der Waals surface area contributed by atoms with Crippen molar-refractivity contribution in [3.8, 4) is 0 Å². The number of nitrogens with two attached hydrogens (primary N) is 1. The summed E-state index contributed by atoms with van der Waals surface area (Å²) in [5.74, 6) is -1.03. The molecule has 0 heterocycles. The molecule has 0 saturated carbocycles. The van der Waals surface area contributed by atoms with Crippen molar-refractivity contribution in [3.05, 3.63) is 0 Å². The van der Waals surface area contributed by atoms with Crippen LogP contribution in [0.15, 0.2) is 0 Å². The second-order valence-corrected chi connectivity index (χ2v) is 1.46. The number of thiol groups is 1. The van der Waals surface area contributed by atoms with Crippen LogP contribution in [0.5, 0.6) is 0 Å². The van der Waals surface area contributed by atoms with Crippen LogP contribution in [0.3, 0.4) is 0 Å². The van der Waals surface area contributed by atoms with Crippen LogP contribution in [-0.2, 0) is 9.63 Å². The third-order valence-electron chi connectivity index (χ3n) is 0.404. The predicted molar refractivity (Wildman–Crippen MR) is 35.0 cm³/mol. The lowest BCUT2D eigenvalue weighted by atomic mass is 10.8. The zero-order valence-electron chi connectivity index (χ0n) is 4.55. The molecule has 0 atom stereocenters. The standard InChI is InChI=1S/C3H7N3O2S/c4-3(5)6-8-2(7)1-9/h9H,1H2,(H4,4,5,6). The van der Waals surface area contributed by atoms with E-state index < -0.39 is 11.9 Å². The smallest absolute Gasteiger partial charge is 0.341 e. The van der Waals surface area contributed by atoms with Crippen molar-refractivity contribution in [2.45, 2.75) is 0 Å². The Morgan fingerprint density at radius 1 is 1.89 bits per heavy atom. The average molecular weight is 149 g/mol. The van der Waals surface area contributed by atoms with E-state index in [1.54, 1.807) is 0 Å². The maximum absolute atomic E-state index is 10.2. The first kappa shape index (κ1) is 8.09. The SMILES string of the molecule is N=C(N)NOC(=O)CS. The van der Waals surface area contributed by atoms with Crippen molar-refractivity contribution >= 4 is 24.6 Å². The minimum atomic E-state index is -0.575. The number of nitrogens with one attached hydrogen (secondary N) is 2. The Morgan fingerprint density at radius 3 is 2.78 bits per heavy atom. The lowest BCUT2D eigenvalue weighted by Gasteiger charge is -2.00. The molecule has 0 aromatic carbocycles. The molecule has 0 aromatic heterocycles. The first-order valence-electron chi connectivity index (χ1n) is 2.07. The number of carbonyl (C=O) groups excluding carboxylic acids is 1. The number of guanidine groups is 1. The average Bonchev–Trinajstić information content (AvgIpc) is 1.83. The van der Waals surface area contributed by atoms with Crippen LogP contribution in [0.4, 0.5) is 0 Å². The highest BCUT2D eigenvalue weighted by Gasteiger charge is 1.96. The number of hydrogen-bond acceptors (Lipinski definition) is 4. The summed E-state index contributed by atoms with van der Waals surface area (Å²) in [5.41, 5.74) is 6.62. The van der Waals surface area contributed by atoms with Crippen molar-refractivity contribution in [2.75, 3.05) is 5.75 Å². The molecule has 0 aromatic rings. The summed E-state index contributed by atoms with van der Waals surface area (Å²) in [6.07, 6.45) is 0. The second-order valence-electron chi connectivity index (χ2n) is 1.15. The minimum absolute atomic E-state index is 0.0414. The van der Waals surface area contributed by atoms with Gasteiger partial charge in [0.15, 0.2) is 0 Å². The second kappa shape index (κ2) is 4.02. The fourth-order valence-corrected chi connectivity index (χ4v) is 0.209. The Morgan fingerprint density at radius 2 is 2.44 bits per heavy atom. The Kier molecular flexibility index (Phi) is 3.61. The molecule has 5 nitrogen and oxygen atoms in total. The lowest BCUT2D eigenvalue weighted by molar-refractivity contribution is -0.144. The summed E-state index contributed by atoms with van der Waals surface area (Å²) in [7, 11) is 0. The van der Waals surface area contributed by atoms with Crippen LogP contribution in [0.1, 0.15) is 0 Å². The third kappa shape index (κ3) is 4.95. The van der Waals surface area contributed by atoms with E-state index in [1.165, 1.54) is 0 Å². The van der Waals surface area contributed by atoms with Crippen molar-refractivity contribution in [3.63, 3.8) is 0 Å². The number of hydrogen-bond donors (Lipinski definition) is 4. The fraction of sp³-hybridized carbons (Fsp3) is 0.333. The van der Waals surface area contributed by atoms with Crippen molar-refractivity contribution < 1.29 is 9.63 Å². The Balaban J connectivity index is 3.28. The van der Waals surface area contributed by atoms with E-state index in [4.69, 9.17) is 11.1 Å². The summed E-state index contributed by atoms with van der Waals surface area (Å²) in [6.45, 7) is 0. The molecule has 0 unspecified atom stereocenters. The summed E-state index contributed by atoms with van der Waals surface area (Å²) >= 11 is 3.59. The molecule has 0 radical (unpaired) electrons. The Labute approximate surface area is 57.4 Å². The molecule has 0 amide bonds. The van der Waals surface area contributed by atoms with Crippen LogP contribution < -0.4 is 11.2 Å². The fourth-order valence-electron chi connectivity index (χ4n) is 0.144. The molecule has 0 bridgehead atoms. The number of hydroxylamine groups is 1. The first-order chi connectivity index (χ1) is 4.16. The first-order valence-corrected chi connectivity index (χ1v) is 2.70. The molecule has 0 aliphatic carbocycles. The van der Waals surface area contributed by atoms with E-state index in [1.807, 2.05) is 5.48 Å².